The fourth-order valence-electron chi connectivity index (χ4n) is 3.32. The van der Waals surface area contributed by atoms with E-state index in [-0.39, 0.29) is 18.0 Å². The molecule has 0 aliphatic carbocycles. The normalized spacial score (nSPS) is 11.0. The van der Waals surface area contributed by atoms with Crippen molar-refractivity contribution in [3.63, 3.8) is 0 Å². The van der Waals surface area contributed by atoms with Crippen LogP contribution in [0.15, 0.2) is 53.6 Å². The van der Waals surface area contributed by atoms with Gasteiger partial charge in [-0.1, -0.05) is 53.2 Å². The molecule has 0 bridgehead atoms. The van der Waals surface area contributed by atoms with Crippen molar-refractivity contribution in [3.8, 4) is 0 Å². The topological polar surface area (TPSA) is 94.7 Å². The Morgan fingerprint density at radius 3 is 2.43 bits per heavy atom. The highest BCUT2D eigenvalue weighted by atomic mass is 16.2. The van der Waals surface area contributed by atoms with Crippen molar-refractivity contribution >= 4 is 22.8 Å². The maximum atomic E-state index is 12.8. The molecule has 8 heteroatoms. The number of carbonyl (C=O) groups excluding carboxylic acids is 1. The minimum absolute atomic E-state index is 0.143. The highest BCUT2D eigenvalue weighted by molar-refractivity contribution is 5.92. The molecule has 4 rings (SSSR count). The van der Waals surface area contributed by atoms with Crippen LogP contribution in [0.5, 0.6) is 0 Å². The Morgan fingerprint density at radius 1 is 1.03 bits per heavy atom. The van der Waals surface area contributed by atoms with E-state index < -0.39 is 5.56 Å². The maximum absolute atomic E-state index is 12.8. The number of fused-ring (bicyclic) bond motifs is 1. The van der Waals surface area contributed by atoms with Crippen LogP contribution in [0, 0.1) is 20.8 Å². The van der Waals surface area contributed by atoms with Gasteiger partial charge in [0.15, 0.2) is 11.2 Å². The first-order chi connectivity index (χ1) is 14.4. The molecular weight excluding hydrogens is 380 g/mol. The predicted octanol–water partition coefficient (Wildman–Crippen LogP) is 2.60. The molecular formula is C22H22N6O2. The Kier molecular flexibility index (Phi) is 5.14. The number of anilines is 1. The summed E-state index contributed by atoms with van der Waals surface area (Å²) in [5.41, 5.74) is 5.03. The van der Waals surface area contributed by atoms with E-state index >= 15 is 0 Å². The molecule has 0 radical (unpaired) electrons. The molecule has 0 saturated carbocycles. The second kappa shape index (κ2) is 7.90. The number of carbonyl (C=O) groups is 1. The van der Waals surface area contributed by atoms with E-state index in [1.54, 1.807) is 4.68 Å². The highest BCUT2D eigenvalue weighted by Gasteiger charge is 2.15. The molecule has 0 unspecified atom stereocenters. The summed E-state index contributed by atoms with van der Waals surface area (Å²) in [5.74, 6) is -0.303. The summed E-state index contributed by atoms with van der Waals surface area (Å²) in [7, 11) is 0. The van der Waals surface area contributed by atoms with E-state index in [4.69, 9.17) is 0 Å². The molecule has 0 saturated heterocycles. The zero-order valence-electron chi connectivity index (χ0n) is 17.1. The number of para-hydroxylation sites is 1. The number of aryl methyl sites for hydroxylation is 3. The smallest absolute Gasteiger partial charge is 0.283 e. The summed E-state index contributed by atoms with van der Waals surface area (Å²) >= 11 is 0. The van der Waals surface area contributed by atoms with Crippen LogP contribution in [-0.2, 0) is 17.9 Å². The molecule has 2 heterocycles. The van der Waals surface area contributed by atoms with Gasteiger partial charge in [-0.25, -0.2) is 9.67 Å². The predicted molar refractivity (Wildman–Crippen MR) is 114 cm³/mol. The average Bonchev–Trinajstić information content (AvgIpc) is 3.12. The first kappa shape index (κ1) is 19.5. The molecule has 0 aliphatic rings. The van der Waals surface area contributed by atoms with E-state index in [1.165, 1.54) is 16.5 Å². The number of nitrogens with zero attached hydrogens (tertiary/aromatic N) is 5. The van der Waals surface area contributed by atoms with Gasteiger partial charge in [0.2, 0.25) is 5.91 Å². The van der Waals surface area contributed by atoms with E-state index in [1.807, 2.05) is 63.2 Å². The molecule has 0 atom stereocenters. The average molecular weight is 402 g/mol. The van der Waals surface area contributed by atoms with E-state index in [0.717, 1.165) is 22.4 Å². The van der Waals surface area contributed by atoms with Crippen LogP contribution in [0.1, 0.15) is 22.3 Å². The third kappa shape index (κ3) is 3.84. The quantitative estimate of drug-likeness (QED) is 0.554. The zero-order valence-corrected chi connectivity index (χ0v) is 17.1. The number of rotatable bonds is 5. The van der Waals surface area contributed by atoms with E-state index in [2.05, 4.69) is 20.6 Å². The lowest BCUT2D eigenvalue weighted by molar-refractivity contribution is -0.116. The summed E-state index contributed by atoms with van der Waals surface area (Å²) in [6, 6.07) is 13.8. The Bertz CT molecular complexity index is 1270. The van der Waals surface area contributed by atoms with Crippen LogP contribution in [-0.4, -0.2) is 30.5 Å². The van der Waals surface area contributed by atoms with Gasteiger partial charge in [-0.3, -0.25) is 14.2 Å². The Hall–Kier alpha value is -3.81. The van der Waals surface area contributed by atoms with Crippen molar-refractivity contribution in [2.24, 2.45) is 0 Å². The number of hydrogen-bond acceptors (Lipinski definition) is 5. The van der Waals surface area contributed by atoms with Gasteiger partial charge in [0.1, 0.15) is 12.9 Å². The third-order valence-corrected chi connectivity index (χ3v) is 5.00. The molecule has 152 valence electrons. The van der Waals surface area contributed by atoms with Crippen LogP contribution < -0.4 is 10.9 Å². The van der Waals surface area contributed by atoms with Crippen LogP contribution in [0.2, 0.25) is 0 Å². The van der Waals surface area contributed by atoms with Crippen molar-refractivity contribution in [1.82, 2.24) is 24.5 Å². The summed E-state index contributed by atoms with van der Waals surface area (Å²) in [6.45, 7) is 6.18. The second-order valence-electron chi connectivity index (χ2n) is 7.40. The Balaban J connectivity index is 1.56. The SMILES string of the molecule is Cc1ccc(Cn2nnc3c(=O)n(CC(=O)Nc4c(C)cccc4C)cnc32)cc1. The number of benzene rings is 2. The van der Waals surface area contributed by atoms with Crippen molar-refractivity contribution in [2.75, 3.05) is 5.32 Å². The largest absolute Gasteiger partial charge is 0.324 e. The molecule has 4 aromatic rings. The lowest BCUT2D eigenvalue weighted by atomic mass is 10.1. The minimum atomic E-state index is -0.396. The van der Waals surface area contributed by atoms with Gasteiger partial charge < -0.3 is 5.32 Å². The second-order valence-corrected chi connectivity index (χ2v) is 7.40. The molecule has 2 aromatic carbocycles. The highest BCUT2D eigenvalue weighted by Crippen LogP contribution is 2.19. The van der Waals surface area contributed by atoms with Gasteiger partial charge >= 0.3 is 0 Å². The number of amides is 1. The van der Waals surface area contributed by atoms with Gasteiger partial charge in [0.05, 0.1) is 6.54 Å². The molecule has 0 aliphatic heterocycles. The molecule has 1 amide bonds. The van der Waals surface area contributed by atoms with Gasteiger partial charge in [-0.05, 0) is 37.5 Å². The number of aromatic nitrogens is 5. The first-order valence-corrected chi connectivity index (χ1v) is 9.62. The van der Waals surface area contributed by atoms with Crippen molar-refractivity contribution in [3.05, 3.63) is 81.4 Å². The van der Waals surface area contributed by atoms with Crippen LogP contribution >= 0.6 is 0 Å². The van der Waals surface area contributed by atoms with Crippen molar-refractivity contribution < 1.29 is 4.79 Å². The fraction of sp³-hybridized carbons (Fsp3) is 0.227. The van der Waals surface area contributed by atoms with Gasteiger partial charge in [0.25, 0.3) is 5.56 Å². The summed E-state index contributed by atoms with van der Waals surface area (Å²) in [4.78, 5) is 29.6. The third-order valence-electron chi connectivity index (χ3n) is 5.00. The molecule has 0 fully saturated rings. The summed E-state index contributed by atoms with van der Waals surface area (Å²) < 4.78 is 2.83. The van der Waals surface area contributed by atoms with Gasteiger partial charge in [-0.15, -0.1) is 5.10 Å². The zero-order chi connectivity index (χ0) is 21.3. The molecule has 2 aromatic heterocycles. The maximum Gasteiger partial charge on any atom is 0.283 e. The number of nitrogens with one attached hydrogen (secondary N) is 1. The molecule has 0 spiro atoms. The lowest BCUT2D eigenvalue weighted by Gasteiger charge is -2.12. The molecule has 30 heavy (non-hydrogen) atoms. The Morgan fingerprint density at radius 2 is 1.73 bits per heavy atom. The van der Waals surface area contributed by atoms with E-state index in [9.17, 15) is 9.59 Å². The van der Waals surface area contributed by atoms with Crippen molar-refractivity contribution in [1.29, 1.82) is 0 Å². The Labute approximate surface area is 173 Å². The van der Waals surface area contributed by atoms with Gasteiger partial charge in [0, 0.05) is 5.69 Å². The summed E-state index contributed by atoms with van der Waals surface area (Å²) in [5, 5.41) is 10.9. The van der Waals surface area contributed by atoms with Crippen LogP contribution in [0.4, 0.5) is 5.69 Å². The van der Waals surface area contributed by atoms with Crippen LogP contribution in [0.25, 0.3) is 11.2 Å². The minimum Gasteiger partial charge on any atom is -0.324 e. The van der Waals surface area contributed by atoms with Crippen LogP contribution in [0.3, 0.4) is 0 Å². The molecule has 8 nitrogen and oxygen atoms in total. The van der Waals surface area contributed by atoms with Gasteiger partial charge in [-0.2, -0.15) is 0 Å². The number of hydrogen-bond donors (Lipinski definition) is 1. The standard InChI is InChI=1S/C22H22N6O2/c1-14-7-9-17(10-8-14)11-28-21-20(25-26-28)22(30)27(13-23-21)12-18(29)24-19-15(2)5-4-6-16(19)3/h4-10,13H,11-12H2,1-3H3,(H,24,29). The lowest BCUT2D eigenvalue weighted by Crippen LogP contribution is -2.28. The fourth-order valence-corrected chi connectivity index (χ4v) is 3.32. The monoisotopic (exact) mass is 402 g/mol. The molecule has 1 N–H and O–H groups in total. The first-order valence-electron chi connectivity index (χ1n) is 9.62. The van der Waals surface area contributed by atoms with E-state index in [0.29, 0.717) is 12.2 Å². The summed E-state index contributed by atoms with van der Waals surface area (Å²) in [6.07, 6.45) is 1.37. The van der Waals surface area contributed by atoms with Crippen molar-refractivity contribution in [2.45, 2.75) is 33.9 Å².